The Balaban J connectivity index is 1.93. The van der Waals surface area contributed by atoms with Gasteiger partial charge in [-0.1, -0.05) is 25.9 Å². The van der Waals surface area contributed by atoms with Crippen molar-refractivity contribution >= 4 is 11.9 Å². The first kappa shape index (κ1) is 14.0. The van der Waals surface area contributed by atoms with Crippen molar-refractivity contribution in [1.29, 1.82) is 0 Å². The van der Waals surface area contributed by atoms with Crippen LogP contribution in [0.5, 0.6) is 0 Å². The maximum absolute atomic E-state index is 12.1. The molecule has 1 heterocycles. The third-order valence-corrected chi connectivity index (χ3v) is 3.11. The van der Waals surface area contributed by atoms with E-state index in [-0.39, 0.29) is 23.3 Å². The molecule has 1 aromatic rings. The lowest BCUT2D eigenvalue weighted by Crippen LogP contribution is -2.32. The summed E-state index contributed by atoms with van der Waals surface area (Å²) in [5, 5.41) is 10.4. The minimum Gasteiger partial charge on any atom is -0.408 e. The fraction of sp³-hybridized carbons (Fsp3) is 0.769. The number of hydrogen-bond acceptors (Lipinski definition) is 5. The van der Waals surface area contributed by atoms with Crippen LogP contribution in [-0.4, -0.2) is 22.6 Å². The number of anilines is 1. The predicted molar refractivity (Wildman–Crippen MR) is 71.5 cm³/mol. The van der Waals surface area contributed by atoms with E-state index in [2.05, 4.69) is 36.3 Å². The van der Waals surface area contributed by atoms with Crippen LogP contribution < -0.4 is 11.1 Å². The Bertz CT molecular complexity index is 446. The number of nitrogens with zero attached hydrogens (tertiary/aromatic N) is 2. The molecule has 1 unspecified atom stereocenters. The second-order valence-electron chi connectivity index (χ2n) is 6.41. The molecule has 6 heteroatoms. The largest absolute Gasteiger partial charge is 0.408 e. The molecule has 1 aromatic heterocycles. The van der Waals surface area contributed by atoms with Crippen LogP contribution in [-0.2, 0) is 4.79 Å². The van der Waals surface area contributed by atoms with Crippen LogP contribution in [0.3, 0.4) is 0 Å². The summed E-state index contributed by atoms with van der Waals surface area (Å²) >= 11 is 0. The van der Waals surface area contributed by atoms with E-state index >= 15 is 0 Å². The lowest BCUT2D eigenvalue weighted by atomic mass is 9.84. The molecule has 1 aliphatic carbocycles. The predicted octanol–water partition coefficient (Wildman–Crippen LogP) is 1.90. The first-order chi connectivity index (χ1) is 8.89. The monoisotopic (exact) mass is 266 g/mol. The molecule has 0 saturated heterocycles. The topological polar surface area (TPSA) is 94.0 Å². The Labute approximate surface area is 113 Å². The van der Waals surface area contributed by atoms with Crippen molar-refractivity contribution in [3.05, 3.63) is 5.89 Å². The molecule has 1 atom stereocenters. The average Bonchev–Trinajstić information content (AvgIpc) is 3.06. The number of nitrogens with two attached hydrogens (primary N) is 1. The zero-order valence-corrected chi connectivity index (χ0v) is 11.8. The minimum absolute atomic E-state index is 0.0510. The average molecular weight is 266 g/mol. The van der Waals surface area contributed by atoms with Gasteiger partial charge in [0.2, 0.25) is 11.8 Å². The van der Waals surface area contributed by atoms with Gasteiger partial charge in [-0.05, 0) is 24.7 Å². The number of rotatable bonds is 5. The highest BCUT2D eigenvalue weighted by Crippen LogP contribution is 2.39. The maximum Gasteiger partial charge on any atom is 0.322 e. The van der Waals surface area contributed by atoms with E-state index in [1.807, 2.05) is 0 Å². The highest BCUT2D eigenvalue weighted by Gasteiger charge is 2.30. The third kappa shape index (κ3) is 4.02. The van der Waals surface area contributed by atoms with E-state index in [0.717, 1.165) is 19.3 Å². The molecule has 1 amide bonds. The van der Waals surface area contributed by atoms with E-state index in [9.17, 15) is 4.79 Å². The molecule has 106 valence electrons. The van der Waals surface area contributed by atoms with E-state index in [4.69, 9.17) is 10.2 Å². The zero-order chi connectivity index (χ0) is 14.0. The molecule has 0 radical (unpaired) electrons. The molecule has 1 aliphatic rings. The highest BCUT2D eigenvalue weighted by atomic mass is 16.4. The van der Waals surface area contributed by atoms with Crippen molar-refractivity contribution in [1.82, 2.24) is 10.2 Å². The number of aromatic nitrogens is 2. The van der Waals surface area contributed by atoms with E-state index in [1.54, 1.807) is 0 Å². The van der Waals surface area contributed by atoms with Crippen LogP contribution in [0.4, 0.5) is 6.01 Å². The molecule has 0 bridgehead atoms. The van der Waals surface area contributed by atoms with Gasteiger partial charge in [-0.2, -0.15) is 0 Å². The molecule has 0 spiro atoms. The summed E-state index contributed by atoms with van der Waals surface area (Å²) in [4.78, 5) is 12.1. The Hall–Kier alpha value is -1.43. The molecule has 2 rings (SSSR count). The van der Waals surface area contributed by atoms with Gasteiger partial charge in [0.25, 0.3) is 0 Å². The Kier molecular flexibility index (Phi) is 3.89. The zero-order valence-electron chi connectivity index (χ0n) is 11.8. The van der Waals surface area contributed by atoms with Gasteiger partial charge in [0, 0.05) is 12.5 Å². The summed E-state index contributed by atoms with van der Waals surface area (Å²) in [5.41, 5.74) is 5.72. The normalized spacial score (nSPS) is 17.3. The summed E-state index contributed by atoms with van der Waals surface area (Å²) in [6.45, 7) is 6.56. The second-order valence-corrected chi connectivity index (χ2v) is 6.41. The van der Waals surface area contributed by atoms with Crippen LogP contribution >= 0.6 is 0 Å². The third-order valence-electron chi connectivity index (χ3n) is 3.11. The van der Waals surface area contributed by atoms with Crippen molar-refractivity contribution in [3.8, 4) is 0 Å². The number of amides is 1. The Morgan fingerprint density at radius 2 is 2.16 bits per heavy atom. The molecule has 3 N–H and O–H groups in total. The summed E-state index contributed by atoms with van der Waals surface area (Å²) in [6, 6.07) is 0.180. The summed E-state index contributed by atoms with van der Waals surface area (Å²) in [5.74, 6) is 0.619. The number of carbonyl (C=O) groups is 1. The molecular formula is C13H22N4O2. The van der Waals surface area contributed by atoms with Crippen molar-refractivity contribution in [2.75, 3.05) is 11.9 Å². The summed E-state index contributed by atoms with van der Waals surface area (Å²) in [6.07, 6.45) is 2.90. The van der Waals surface area contributed by atoms with Crippen LogP contribution in [0, 0.1) is 11.3 Å². The number of carbonyl (C=O) groups excluding carboxylic acids is 1. The summed E-state index contributed by atoms with van der Waals surface area (Å²) < 4.78 is 5.41. The molecule has 1 saturated carbocycles. The smallest absolute Gasteiger partial charge is 0.322 e. The maximum atomic E-state index is 12.1. The van der Waals surface area contributed by atoms with E-state index < -0.39 is 0 Å². The molecule has 0 aliphatic heterocycles. The van der Waals surface area contributed by atoms with Crippen LogP contribution in [0.2, 0.25) is 0 Å². The SMILES string of the molecule is CC(C)(C)CC(CN)C(=O)Nc1nnc(C2CC2)o1. The van der Waals surface area contributed by atoms with Crippen molar-refractivity contribution in [3.63, 3.8) is 0 Å². The second kappa shape index (κ2) is 5.28. The molecule has 19 heavy (non-hydrogen) atoms. The fourth-order valence-corrected chi connectivity index (χ4v) is 2.01. The van der Waals surface area contributed by atoms with Gasteiger partial charge in [-0.25, -0.2) is 0 Å². The molecule has 1 fully saturated rings. The van der Waals surface area contributed by atoms with Gasteiger partial charge in [0.1, 0.15) is 0 Å². The van der Waals surface area contributed by atoms with Crippen LogP contribution in [0.1, 0.15) is 51.8 Å². The van der Waals surface area contributed by atoms with E-state index in [1.165, 1.54) is 0 Å². The number of nitrogens with one attached hydrogen (secondary N) is 1. The Morgan fingerprint density at radius 1 is 1.47 bits per heavy atom. The minimum atomic E-state index is -0.240. The number of hydrogen-bond donors (Lipinski definition) is 2. The first-order valence-corrected chi connectivity index (χ1v) is 6.73. The summed E-state index contributed by atoms with van der Waals surface area (Å²) in [7, 11) is 0. The van der Waals surface area contributed by atoms with Gasteiger partial charge >= 0.3 is 6.01 Å². The van der Waals surface area contributed by atoms with Crippen LogP contribution in [0.25, 0.3) is 0 Å². The standard InChI is InChI=1S/C13H22N4O2/c1-13(2,3)6-9(7-14)10(18)15-12-17-16-11(19-12)8-4-5-8/h8-9H,4-7,14H2,1-3H3,(H,15,17,18). The van der Waals surface area contributed by atoms with Gasteiger partial charge in [-0.15, -0.1) is 5.10 Å². The van der Waals surface area contributed by atoms with Gasteiger partial charge < -0.3 is 10.2 Å². The molecule has 6 nitrogen and oxygen atoms in total. The Morgan fingerprint density at radius 3 is 2.68 bits per heavy atom. The quantitative estimate of drug-likeness (QED) is 0.848. The van der Waals surface area contributed by atoms with Gasteiger partial charge in [-0.3, -0.25) is 10.1 Å². The lowest BCUT2D eigenvalue weighted by molar-refractivity contribution is -0.120. The molecular weight excluding hydrogens is 244 g/mol. The highest BCUT2D eigenvalue weighted by molar-refractivity contribution is 5.90. The lowest BCUT2D eigenvalue weighted by Gasteiger charge is -2.23. The van der Waals surface area contributed by atoms with Gasteiger partial charge in [0.15, 0.2) is 0 Å². The first-order valence-electron chi connectivity index (χ1n) is 6.73. The van der Waals surface area contributed by atoms with Gasteiger partial charge in [0.05, 0.1) is 5.92 Å². The van der Waals surface area contributed by atoms with Crippen molar-refractivity contribution < 1.29 is 9.21 Å². The fourth-order valence-electron chi connectivity index (χ4n) is 2.01. The van der Waals surface area contributed by atoms with Crippen molar-refractivity contribution in [2.45, 2.75) is 46.0 Å². The molecule has 0 aromatic carbocycles. The van der Waals surface area contributed by atoms with Crippen LogP contribution in [0.15, 0.2) is 4.42 Å². The van der Waals surface area contributed by atoms with Crippen molar-refractivity contribution in [2.24, 2.45) is 17.1 Å². The van der Waals surface area contributed by atoms with E-state index in [0.29, 0.717) is 18.4 Å².